The number of carbonyl (C=O) groups is 2. The lowest BCUT2D eigenvalue weighted by atomic mass is 10.2. The molecule has 0 radical (unpaired) electrons. The molecule has 0 saturated heterocycles. The lowest BCUT2D eigenvalue weighted by Gasteiger charge is -2.11. The van der Waals surface area contributed by atoms with Crippen LogP contribution in [0.4, 0.5) is 10.1 Å². The number of hydrogen-bond donors (Lipinski definition) is 2. The summed E-state index contributed by atoms with van der Waals surface area (Å²) in [6.45, 7) is 2.13. The number of hydrogen-bond acceptors (Lipinski definition) is 5. The van der Waals surface area contributed by atoms with Crippen LogP contribution in [0.25, 0.3) is 0 Å². The highest BCUT2D eigenvalue weighted by Gasteiger charge is 2.13. The fourth-order valence-corrected chi connectivity index (χ4v) is 2.75. The minimum Gasteiger partial charge on any atom is -0.493 e. The number of halogens is 1. The van der Waals surface area contributed by atoms with Crippen LogP contribution < -0.4 is 20.2 Å². The maximum absolute atomic E-state index is 13.0. The van der Waals surface area contributed by atoms with Gasteiger partial charge in [0.15, 0.2) is 11.5 Å². The molecule has 8 heteroatoms. The summed E-state index contributed by atoms with van der Waals surface area (Å²) in [6.07, 6.45) is 1.38. The van der Waals surface area contributed by atoms with Gasteiger partial charge in [-0.1, -0.05) is 24.3 Å². The van der Waals surface area contributed by atoms with Crippen molar-refractivity contribution in [2.75, 3.05) is 12.4 Å². The van der Waals surface area contributed by atoms with Crippen molar-refractivity contribution in [2.24, 2.45) is 5.10 Å². The molecule has 2 N–H and O–H groups in total. The zero-order chi connectivity index (χ0) is 22.9. The molecule has 164 valence electrons. The zero-order valence-electron chi connectivity index (χ0n) is 17.6. The van der Waals surface area contributed by atoms with Crippen molar-refractivity contribution in [3.63, 3.8) is 0 Å². The second-order valence-electron chi connectivity index (χ2n) is 6.85. The third-order valence-corrected chi connectivity index (χ3v) is 4.36. The van der Waals surface area contributed by atoms with Gasteiger partial charge in [0.1, 0.15) is 12.4 Å². The molecule has 0 atom stereocenters. The van der Waals surface area contributed by atoms with E-state index in [1.165, 1.54) is 25.5 Å². The van der Waals surface area contributed by atoms with Gasteiger partial charge < -0.3 is 14.8 Å². The Labute approximate surface area is 184 Å². The van der Waals surface area contributed by atoms with Crippen LogP contribution in [0, 0.1) is 12.7 Å². The van der Waals surface area contributed by atoms with Crippen LogP contribution in [0.1, 0.15) is 16.7 Å². The van der Waals surface area contributed by atoms with E-state index >= 15 is 0 Å². The van der Waals surface area contributed by atoms with Crippen molar-refractivity contribution in [3.8, 4) is 11.5 Å². The number of nitrogens with one attached hydrogen (secondary N) is 2. The van der Waals surface area contributed by atoms with E-state index in [4.69, 9.17) is 9.47 Å². The van der Waals surface area contributed by atoms with Gasteiger partial charge in [0.2, 0.25) is 0 Å². The Morgan fingerprint density at radius 3 is 2.50 bits per heavy atom. The second kappa shape index (κ2) is 10.7. The minimum atomic E-state index is -0.894. The summed E-state index contributed by atoms with van der Waals surface area (Å²) < 4.78 is 24.1. The van der Waals surface area contributed by atoms with Gasteiger partial charge in [-0.15, -0.1) is 0 Å². The van der Waals surface area contributed by atoms with E-state index in [0.29, 0.717) is 22.7 Å². The number of aryl methyl sites for hydroxylation is 1. The molecule has 3 rings (SSSR count). The van der Waals surface area contributed by atoms with Crippen LogP contribution in [0.2, 0.25) is 0 Å². The van der Waals surface area contributed by atoms with Gasteiger partial charge in [0.05, 0.1) is 13.3 Å². The molecule has 0 aliphatic heterocycles. The molecule has 0 fully saturated rings. The summed E-state index contributed by atoms with van der Waals surface area (Å²) in [5.74, 6) is -1.08. The fraction of sp³-hybridized carbons (Fsp3) is 0.125. The molecule has 32 heavy (non-hydrogen) atoms. The molecule has 0 aliphatic rings. The van der Waals surface area contributed by atoms with Crippen LogP contribution in [0.15, 0.2) is 71.8 Å². The molecule has 0 unspecified atom stereocenters. The normalized spacial score (nSPS) is 10.6. The summed E-state index contributed by atoms with van der Waals surface area (Å²) in [4.78, 5) is 23.9. The Kier molecular flexibility index (Phi) is 7.53. The molecule has 0 aromatic heterocycles. The molecule has 0 spiro atoms. The predicted molar refractivity (Wildman–Crippen MR) is 119 cm³/mol. The molecule has 3 aromatic rings. The summed E-state index contributed by atoms with van der Waals surface area (Å²) in [6, 6.07) is 18.2. The number of carbonyl (C=O) groups excluding carboxylic acids is 2. The summed E-state index contributed by atoms with van der Waals surface area (Å²) in [5, 5.41) is 6.32. The maximum atomic E-state index is 13.0. The highest BCUT2D eigenvalue weighted by Crippen LogP contribution is 2.28. The molecule has 0 heterocycles. The van der Waals surface area contributed by atoms with Gasteiger partial charge >= 0.3 is 11.8 Å². The van der Waals surface area contributed by atoms with Crippen LogP contribution in [0.3, 0.4) is 0 Å². The number of amides is 2. The zero-order valence-corrected chi connectivity index (χ0v) is 17.6. The van der Waals surface area contributed by atoms with Crippen molar-refractivity contribution in [1.29, 1.82) is 0 Å². The lowest BCUT2D eigenvalue weighted by Crippen LogP contribution is -2.32. The summed E-state index contributed by atoms with van der Waals surface area (Å²) >= 11 is 0. The topological polar surface area (TPSA) is 89.0 Å². The van der Waals surface area contributed by atoms with E-state index in [9.17, 15) is 14.0 Å². The summed E-state index contributed by atoms with van der Waals surface area (Å²) in [5.41, 5.74) is 5.10. The third-order valence-electron chi connectivity index (χ3n) is 4.36. The predicted octanol–water partition coefficient (Wildman–Crippen LogP) is 3.81. The highest BCUT2D eigenvalue weighted by molar-refractivity contribution is 6.39. The van der Waals surface area contributed by atoms with Gasteiger partial charge in [-0.25, -0.2) is 9.82 Å². The Hall–Kier alpha value is -4.20. The molecular weight excluding hydrogens is 413 g/mol. The van der Waals surface area contributed by atoms with E-state index in [0.717, 1.165) is 11.1 Å². The molecule has 3 aromatic carbocycles. The molecular formula is C24H22FN3O4. The standard InChI is InChI=1S/C24H22FN3O4/c1-16-4-3-5-20(12-16)27-23(29)24(30)28-26-14-18-8-11-21(22(13-18)31-2)32-15-17-6-9-19(25)10-7-17/h3-14H,15H2,1-2H3,(H,27,29)(H,28,30)/b26-14-. The fourth-order valence-electron chi connectivity index (χ4n) is 2.75. The molecule has 2 amide bonds. The first-order valence-electron chi connectivity index (χ1n) is 9.71. The second-order valence-corrected chi connectivity index (χ2v) is 6.85. The number of ether oxygens (including phenoxy) is 2. The van der Waals surface area contributed by atoms with Gasteiger partial charge in [0, 0.05) is 5.69 Å². The molecule has 0 saturated carbocycles. The van der Waals surface area contributed by atoms with Crippen LogP contribution in [0.5, 0.6) is 11.5 Å². The largest absolute Gasteiger partial charge is 0.493 e. The SMILES string of the molecule is COc1cc(/C=N\NC(=O)C(=O)Nc2cccc(C)c2)ccc1OCc1ccc(F)cc1. The van der Waals surface area contributed by atoms with Crippen molar-refractivity contribution in [2.45, 2.75) is 13.5 Å². The highest BCUT2D eigenvalue weighted by atomic mass is 19.1. The van der Waals surface area contributed by atoms with Gasteiger partial charge in [-0.2, -0.15) is 5.10 Å². The number of rotatable bonds is 7. The summed E-state index contributed by atoms with van der Waals surface area (Å²) in [7, 11) is 1.50. The first-order valence-corrected chi connectivity index (χ1v) is 9.71. The number of benzene rings is 3. The quantitative estimate of drug-likeness (QED) is 0.336. The first kappa shape index (κ1) is 22.5. The lowest BCUT2D eigenvalue weighted by molar-refractivity contribution is -0.136. The van der Waals surface area contributed by atoms with Gasteiger partial charge in [-0.3, -0.25) is 9.59 Å². The van der Waals surface area contributed by atoms with E-state index < -0.39 is 11.8 Å². The maximum Gasteiger partial charge on any atom is 0.329 e. The average Bonchev–Trinajstić information content (AvgIpc) is 2.79. The third kappa shape index (κ3) is 6.40. The van der Waals surface area contributed by atoms with Crippen LogP contribution >= 0.6 is 0 Å². The van der Waals surface area contributed by atoms with E-state index in [-0.39, 0.29) is 12.4 Å². The number of nitrogens with zero attached hydrogens (tertiary/aromatic N) is 1. The monoisotopic (exact) mass is 435 g/mol. The Morgan fingerprint density at radius 2 is 1.78 bits per heavy atom. The Morgan fingerprint density at radius 1 is 1.00 bits per heavy atom. The number of anilines is 1. The van der Waals surface area contributed by atoms with Crippen molar-refractivity contribution in [3.05, 3.63) is 89.2 Å². The molecule has 0 bridgehead atoms. The van der Waals surface area contributed by atoms with Crippen molar-refractivity contribution < 1.29 is 23.5 Å². The van der Waals surface area contributed by atoms with Crippen molar-refractivity contribution in [1.82, 2.24) is 5.43 Å². The van der Waals surface area contributed by atoms with Crippen LogP contribution in [-0.4, -0.2) is 25.1 Å². The van der Waals surface area contributed by atoms with Crippen molar-refractivity contribution >= 4 is 23.7 Å². The Balaban J connectivity index is 1.56. The van der Waals surface area contributed by atoms with E-state index in [1.807, 2.05) is 13.0 Å². The van der Waals surface area contributed by atoms with E-state index in [1.54, 1.807) is 48.5 Å². The number of methoxy groups -OCH3 is 1. The number of hydrazone groups is 1. The minimum absolute atomic E-state index is 0.246. The van der Waals surface area contributed by atoms with Gasteiger partial charge in [-0.05, 0) is 66.1 Å². The average molecular weight is 435 g/mol. The Bertz CT molecular complexity index is 1130. The molecule has 7 nitrogen and oxygen atoms in total. The van der Waals surface area contributed by atoms with E-state index in [2.05, 4.69) is 15.8 Å². The van der Waals surface area contributed by atoms with Crippen LogP contribution in [-0.2, 0) is 16.2 Å². The molecule has 0 aliphatic carbocycles. The smallest absolute Gasteiger partial charge is 0.329 e. The first-order chi connectivity index (χ1) is 15.4. The van der Waals surface area contributed by atoms with Gasteiger partial charge in [0.25, 0.3) is 0 Å².